The van der Waals surface area contributed by atoms with E-state index < -0.39 is 11.9 Å². The molecule has 0 fully saturated rings. The van der Waals surface area contributed by atoms with Crippen LogP contribution in [0.4, 0.5) is 5.69 Å². The van der Waals surface area contributed by atoms with Crippen LogP contribution in [0, 0.1) is 11.3 Å². The molecule has 6 nitrogen and oxygen atoms in total. The van der Waals surface area contributed by atoms with Crippen molar-refractivity contribution in [1.29, 1.82) is 5.26 Å². The number of nitrogens with zero attached hydrogens (tertiary/aromatic N) is 1. The van der Waals surface area contributed by atoms with Gasteiger partial charge in [0.15, 0.2) is 0 Å². The molecule has 0 heterocycles. The summed E-state index contributed by atoms with van der Waals surface area (Å²) in [5.74, 6) is -1.19. The second-order valence-corrected chi connectivity index (χ2v) is 5.31. The van der Waals surface area contributed by atoms with Gasteiger partial charge in [-0.25, -0.2) is 4.79 Å². The number of nitriles is 1. The summed E-state index contributed by atoms with van der Waals surface area (Å²) in [5.41, 5.74) is 0.924. The van der Waals surface area contributed by atoms with Crippen molar-refractivity contribution in [3.05, 3.63) is 64.2 Å². The zero-order valence-electron chi connectivity index (χ0n) is 13.1. The van der Waals surface area contributed by atoms with Crippen molar-refractivity contribution in [2.24, 2.45) is 0 Å². The number of methoxy groups -OCH3 is 1. The highest BCUT2D eigenvalue weighted by Crippen LogP contribution is 2.26. The Kier molecular flexibility index (Phi) is 5.77. The number of rotatable bonds is 5. The molecule has 2 N–H and O–H groups in total. The molecule has 0 spiro atoms. The summed E-state index contributed by atoms with van der Waals surface area (Å²) in [6.45, 7) is 0. The van der Waals surface area contributed by atoms with Crippen molar-refractivity contribution < 1.29 is 19.4 Å². The van der Waals surface area contributed by atoms with Crippen LogP contribution in [0.5, 0.6) is 5.75 Å². The van der Waals surface area contributed by atoms with Gasteiger partial charge in [-0.2, -0.15) is 5.26 Å². The van der Waals surface area contributed by atoms with Crippen LogP contribution in [0.2, 0.25) is 5.02 Å². The highest BCUT2D eigenvalue weighted by molar-refractivity contribution is 6.32. The second kappa shape index (κ2) is 7.99. The number of nitrogens with one attached hydrogen (secondary N) is 1. The maximum absolute atomic E-state index is 12.2. The molecule has 0 saturated carbocycles. The lowest BCUT2D eigenvalue weighted by molar-refractivity contribution is -0.112. The van der Waals surface area contributed by atoms with E-state index >= 15 is 0 Å². The van der Waals surface area contributed by atoms with E-state index in [1.165, 1.54) is 37.5 Å². The van der Waals surface area contributed by atoms with Crippen LogP contribution in [-0.2, 0) is 4.79 Å². The number of benzene rings is 2. The first-order valence-electron chi connectivity index (χ1n) is 7.04. The standard InChI is InChI=1S/C18H13ClN2O4/c1-25-16-7-2-11(9-15(16)19)8-13(10-20)17(22)21-14-5-3-12(4-6-14)18(23)24/h2-9H,1H3,(H,21,22)(H,23,24). The normalized spacial score (nSPS) is 10.7. The molecule has 1 amide bonds. The number of aromatic carboxylic acids is 1. The van der Waals surface area contributed by atoms with E-state index in [9.17, 15) is 14.9 Å². The minimum atomic E-state index is -1.06. The number of anilines is 1. The van der Waals surface area contributed by atoms with Crippen molar-refractivity contribution in [2.75, 3.05) is 12.4 Å². The molecule has 25 heavy (non-hydrogen) atoms. The lowest BCUT2D eigenvalue weighted by Gasteiger charge is -2.06. The molecular formula is C18H13ClN2O4. The van der Waals surface area contributed by atoms with Gasteiger partial charge >= 0.3 is 5.97 Å². The molecule has 0 unspecified atom stereocenters. The third-order valence-electron chi connectivity index (χ3n) is 3.24. The fraction of sp³-hybridized carbons (Fsp3) is 0.0556. The number of carboxylic acid groups (broad SMARTS) is 1. The second-order valence-electron chi connectivity index (χ2n) is 4.90. The molecule has 2 aromatic carbocycles. The molecule has 0 saturated heterocycles. The van der Waals surface area contributed by atoms with Gasteiger partial charge in [0.2, 0.25) is 0 Å². The number of amides is 1. The molecule has 2 rings (SSSR count). The zero-order chi connectivity index (χ0) is 18.4. The van der Waals surface area contributed by atoms with Crippen LogP contribution in [0.3, 0.4) is 0 Å². The lowest BCUT2D eigenvalue weighted by Crippen LogP contribution is -2.13. The largest absolute Gasteiger partial charge is 0.495 e. The molecule has 0 aliphatic carbocycles. The zero-order valence-corrected chi connectivity index (χ0v) is 13.9. The van der Waals surface area contributed by atoms with Crippen molar-refractivity contribution in [3.63, 3.8) is 0 Å². The van der Waals surface area contributed by atoms with Gasteiger partial charge in [-0.05, 0) is 48.0 Å². The number of carbonyl (C=O) groups excluding carboxylic acids is 1. The predicted molar refractivity (Wildman–Crippen MR) is 93.6 cm³/mol. The number of hydrogen-bond acceptors (Lipinski definition) is 4. The lowest BCUT2D eigenvalue weighted by atomic mass is 10.1. The molecule has 0 atom stereocenters. The molecule has 0 radical (unpaired) electrons. The van der Waals surface area contributed by atoms with Crippen molar-refractivity contribution in [3.8, 4) is 11.8 Å². The predicted octanol–water partition coefficient (Wildman–Crippen LogP) is 3.59. The fourth-order valence-electron chi connectivity index (χ4n) is 1.98. The SMILES string of the molecule is COc1ccc(C=C(C#N)C(=O)Nc2ccc(C(=O)O)cc2)cc1Cl. The number of ether oxygens (including phenoxy) is 1. The summed E-state index contributed by atoms with van der Waals surface area (Å²) in [5, 5.41) is 21.0. The van der Waals surface area contributed by atoms with Gasteiger partial charge in [-0.3, -0.25) is 4.79 Å². The van der Waals surface area contributed by atoms with Crippen LogP contribution in [-0.4, -0.2) is 24.1 Å². The average molecular weight is 357 g/mol. The van der Waals surface area contributed by atoms with Crippen molar-refractivity contribution >= 4 is 35.2 Å². The molecule has 7 heteroatoms. The van der Waals surface area contributed by atoms with Gasteiger partial charge in [-0.15, -0.1) is 0 Å². The smallest absolute Gasteiger partial charge is 0.335 e. The van der Waals surface area contributed by atoms with E-state index in [0.717, 1.165) is 0 Å². The third-order valence-corrected chi connectivity index (χ3v) is 3.54. The number of halogens is 1. The third kappa shape index (κ3) is 4.59. The van der Waals surface area contributed by atoms with Crippen LogP contribution >= 0.6 is 11.6 Å². The summed E-state index contributed by atoms with van der Waals surface area (Å²) in [6, 6.07) is 12.3. The Labute approximate surface area is 148 Å². The maximum atomic E-state index is 12.2. The molecule has 126 valence electrons. The topological polar surface area (TPSA) is 99.4 Å². The van der Waals surface area contributed by atoms with E-state index in [4.69, 9.17) is 21.4 Å². The molecule has 0 aliphatic rings. The van der Waals surface area contributed by atoms with Gasteiger partial charge < -0.3 is 15.2 Å². The maximum Gasteiger partial charge on any atom is 0.335 e. The number of hydrogen-bond donors (Lipinski definition) is 2. The monoisotopic (exact) mass is 356 g/mol. The highest BCUT2D eigenvalue weighted by atomic mass is 35.5. The summed E-state index contributed by atoms with van der Waals surface area (Å²) in [7, 11) is 1.49. The first kappa shape index (κ1) is 18.0. The minimum absolute atomic E-state index is 0.0990. The van der Waals surface area contributed by atoms with Crippen molar-refractivity contribution in [1.82, 2.24) is 0 Å². The first-order chi connectivity index (χ1) is 11.9. The Hall–Kier alpha value is -3.30. The molecule has 0 bridgehead atoms. The molecule has 0 aromatic heterocycles. The van der Waals surface area contributed by atoms with E-state index in [1.807, 2.05) is 6.07 Å². The first-order valence-corrected chi connectivity index (χ1v) is 7.42. The van der Waals surface area contributed by atoms with Crippen molar-refractivity contribution in [2.45, 2.75) is 0 Å². The van der Waals surface area contributed by atoms with Crippen LogP contribution in [0.15, 0.2) is 48.0 Å². The summed E-state index contributed by atoms with van der Waals surface area (Å²) in [6.07, 6.45) is 1.40. The van der Waals surface area contributed by atoms with Gasteiger partial charge in [0, 0.05) is 5.69 Å². The van der Waals surface area contributed by atoms with E-state index in [1.54, 1.807) is 18.2 Å². The van der Waals surface area contributed by atoms with Crippen LogP contribution < -0.4 is 10.1 Å². The Morgan fingerprint density at radius 3 is 2.44 bits per heavy atom. The minimum Gasteiger partial charge on any atom is -0.495 e. The van der Waals surface area contributed by atoms with Crippen LogP contribution in [0.25, 0.3) is 6.08 Å². The van der Waals surface area contributed by atoms with Gasteiger partial charge in [-0.1, -0.05) is 17.7 Å². The van der Waals surface area contributed by atoms with E-state index in [-0.39, 0.29) is 11.1 Å². The molecular weight excluding hydrogens is 344 g/mol. The highest BCUT2D eigenvalue weighted by Gasteiger charge is 2.11. The van der Waals surface area contributed by atoms with Gasteiger partial charge in [0.1, 0.15) is 17.4 Å². The quantitative estimate of drug-likeness (QED) is 0.630. The summed E-state index contributed by atoms with van der Waals surface area (Å²) < 4.78 is 5.05. The number of carbonyl (C=O) groups is 2. The summed E-state index contributed by atoms with van der Waals surface area (Å²) in [4.78, 5) is 23.0. The van der Waals surface area contributed by atoms with E-state index in [0.29, 0.717) is 22.0 Å². The fourth-order valence-corrected chi connectivity index (χ4v) is 2.25. The van der Waals surface area contributed by atoms with Crippen LogP contribution in [0.1, 0.15) is 15.9 Å². The molecule has 0 aliphatic heterocycles. The summed E-state index contributed by atoms with van der Waals surface area (Å²) >= 11 is 6.02. The Morgan fingerprint density at radius 2 is 1.92 bits per heavy atom. The average Bonchev–Trinajstić information content (AvgIpc) is 2.60. The Morgan fingerprint density at radius 1 is 1.24 bits per heavy atom. The van der Waals surface area contributed by atoms with Gasteiger partial charge in [0.05, 0.1) is 17.7 Å². The van der Waals surface area contributed by atoms with E-state index in [2.05, 4.69) is 5.32 Å². The van der Waals surface area contributed by atoms with Gasteiger partial charge in [0.25, 0.3) is 5.91 Å². The molecule has 2 aromatic rings. The Balaban J connectivity index is 2.19. The number of carboxylic acids is 1. The Bertz CT molecular complexity index is 883.